The number of ether oxygens (including phenoxy) is 1. The summed E-state index contributed by atoms with van der Waals surface area (Å²) in [6, 6.07) is 10.9. The van der Waals surface area contributed by atoms with Gasteiger partial charge in [0.15, 0.2) is 6.10 Å². The van der Waals surface area contributed by atoms with Gasteiger partial charge in [-0.15, -0.1) is 0 Å². The minimum Gasteiger partial charge on any atom is -0.452 e. The van der Waals surface area contributed by atoms with Crippen molar-refractivity contribution in [3.8, 4) is 0 Å². The first kappa shape index (κ1) is 21.5. The van der Waals surface area contributed by atoms with E-state index in [0.29, 0.717) is 11.5 Å². The van der Waals surface area contributed by atoms with Crippen LogP contribution in [0.15, 0.2) is 40.9 Å². The Bertz CT molecular complexity index is 909. The molecule has 1 aliphatic heterocycles. The van der Waals surface area contributed by atoms with E-state index in [9.17, 15) is 14.4 Å². The molecule has 30 heavy (non-hydrogen) atoms. The van der Waals surface area contributed by atoms with E-state index in [1.54, 1.807) is 17.9 Å². The molecule has 2 aromatic rings. The van der Waals surface area contributed by atoms with Gasteiger partial charge in [-0.25, -0.2) is 0 Å². The number of hydrogen-bond donors (Lipinski definition) is 1. The molecule has 8 nitrogen and oxygen atoms in total. The Morgan fingerprint density at radius 2 is 2.00 bits per heavy atom. The Labute approximate surface area is 175 Å². The highest BCUT2D eigenvalue weighted by molar-refractivity contribution is 5.90. The first-order valence-corrected chi connectivity index (χ1v) is 9.99. The lowest BCUT2D eigenvalue weighted by molar-refractivity contribution is -0.157. The second-order valence-electron chi connectivity index (χ2n) is 7.89. The fourth-order valence-electron chi connectivity index (χ4n) is 3.86. The summed E-state index contributed by atoms with van der Waals surface area (Å²) < 4.78 is 10.5. The highest BCUT2D eigenvalue weighted by Crippen LogP contribution is 2.38. The normalized spacial score (nSPS) is 19.8. The van der Waals surface area contributed by atoms with E-state index in [1.165, 1.54) is 6.92 Å². The Morgan fingerprint density at radius 3 is 2.57 bits per heavy atom. The summed E-state index contributed by atoms with van der Waals surface area (Å²) in [6.07, 6.45) is -1.08. The van der Waals surface area contributed by atoms with Gasteiger partial charge in [-0.05, 0) is 26.3 Å². The SMILES string of the molecule is CC(=O)O[C@@H](C(=O)NC(C)C)[C@H]1CN(Cc2cc(C)on2)C(=O)[C@@H]1c1ccccc1. The third-order valence-corrected chi connectivity index (χ3v) is 5.00. The van der Waals surface area contributed by atoms with Crippen LogP contribution in [0, 0.1) is 12.8 Å². The smallest absolute Gasteiger partial charge is 0.303 e. The van der Waals surface area contributed by atoms with Crippen LogP contribution in [-0.2, 0) is 25.7 Å². The molecule has 3 atom stereocenters. The molecule has 0 bridgehead atoms. The highest BCUT2D eigenvalue weighted by Gasteiger charge is 2.48. The molecule has 1 N–H and O–H groups in total. The molecule has 1 saturated heterocycles. The Balaban J connectivity index is 1.95. The van der Waals surface area contributed by atoms with Gasteiger partial charge in [0.1, 0.15) is 11.5 Å². The molecule has 0 spiro atoms. The van der Waals surface area contributed by atoms with Crippen LogP contribution in [0.4, 0.5) is 0 Å². The molecule has 0 saturated carbocycles. The molecule has 0 radical (unpaired) electrons. The van der Waals surface area contributed by atoms with E-state index in [-0.39, 0.29) is 25.0 Å². The molecule has 160 valence electrons. The molecule has 1 aliphatic rings. The van der Waals surface area contributed by atoms with Crippen molar-refractivity contribution < 1.29 is 23.6 Å². The predicted octanol–water partition coefficient (Wildman–Crippen LogP) is 2.18. The lowest BCUT2D eigenvalue weighted by Crippen LogP contribution is -2.46. The van der Waals surface area contributed by atoms with Crippen molar-refractivity contribution in [2.24, 2.45) is 5.92 Å². The summed E-state index contributed by atoms with van der Waals surface area (Å²) in [5, 5.41) is 6.78. The summed E-state index contributed by atoms with van der Waals surface area (Å²) in [6.45, 7) is 7.22. The third kappa shape index (κ3) is 4.87. The number of carbonyl (C=O) groups is 3. The largest absolute Gasteiger partial charge is 0.452 e. The van der Waals surface area contributed by atoms with Gasteiger partial charge in [-0.2, -0.15) is 0 Å². The maximum absolute atomic E-state index is 13.4. The monoisotopic (exact) mass is 413 g/mol. The number of aromatic nitrogens is 1. The van der Waals surface area contributed by atoms with Crippen LogP contribution in [0.25, 0.3) is 0 Å². The van der Waals surface area contributed by atoms with Crippen LogP contribution >= 0.6 is 0 Å². The van der Waals surface area contributed by atoms with E-state index in [1.807, 2.05) is 44.2 Å². The zero-order valence-electron chi connectivity index (χ0n) is 17.6. The number of rotatable bonds is 7. The number of likely N-dealkylation sites (tertiary alicyclic amines) is 1. The minimum absolute atomic E-state index is 0.128. The van der Waals surface area contributed by atoms with Crippen molar-refractivity contribution in [3.63, 3.8) is 0 Å². The topological polar surface area (TPSA) is 102 Å². The summed E-state index contributed by atoms with van der Waals surface area (Å²) >= 11 is 0. The molecule has 8 heteroatoms. The number of hydrogen-bond acceptors (Lipinski definition) is 6. The van der Waals surface area contributed by atoms with E-state index < -0.39 is 29.8 Å². The van der Waals surface area contributed by atoms with Gasteiger partial charge in [0.2, 0.25) is 5.91 Å². The predicted molar refractivity (Wildman–Crippen MR) is 108 cm³/mol. The van der Waals surface area contributed by atoms with Crippen LogP contribution in [0.1, 0.15) is 43.7 Å². The second kappa shape index (κ2) is 9.11. The molecular weight excluding hydrogens is 386 g/mol. The van der Waals surface area contributed by atoms with Gasteiger partial charge in [0.25, 0.3) is 5.91 Å². The molecule has 2 heterocycles. The highest BCUT2D eigenvalue weighted by atomic mass is 16.5. The first-order valence-electron chi connectivity index (χ1n) is 9.99. The van der Waals surface area contributed by atoms with Gasteiger partial charge in [-0.1, -0.05) is 35.5 Å². The average Bonchev–Trinajstić information content (AvgIpc) is 3.23. The van der Waals surface area contributed by atoms with Crippen molar-refractivity contribution in [3.05, 3.63) is 53.4 Å². The number of carbonyl (C=O) groups excluding carboxylic acids is 3. The summed E-state index contributed by atoms with van der Waals surface area (Å²) in [4.78, 5) is 39.7. The number of amides is 2. The van der Waals surface area contributed by atoms with Crippen LogP contribution in [0.2, 0.25) is 0 Å². The number of nitrogens with one attached hydrogen (secondary N) is 1. The van der Waals surface area contributed by atoms with E-state index in [4.69, 9.17) is 9.26 Å². The maximum Gasteiger partial charge on any atom is 0.303 e. The van der Waals surface area contributed by atoms with Gasteiger partial charge >= 0.3 is 5.97 Å². The second-order valence-corrected chi connectivity index (χ2v) is 7.89. The van der Waals surface area contributed by atoms with Crippen LogP contribution in [0.3, 0.4) is 0 Å². The molecule has 1 aromatic heterocycles. The molecular formula is C22H27N3O5. The summed E-state index contributed by atoms with van der Waals surface area (Å²) in [7, 11) is 0. The molecule has 0 unspecified atom stereocenters. The Hall–Kier alpha value is -3.16. The first-order chi connectivity index (χ1) is 14.3. The molecule has 0 aliphatic carbocycles. The zero-order chi connectivity index (χ0) is 21.8. The van der Waals surface area contributed by atoms with Crippen LogP contribution in [0.5, 0.6) is 0 Å². The molecule has 2 amide bonds. The van der Waals surface area contributed by atoms with Crippen molar-refractivity contribution in [2.45, 2.75) is 52.3 Å². The van der Waals surface area contributed by atoms with Gasteiger partial charge in [-0.3, -0.25) is 14.4 Å². The number of benzene rings is 1. The number of nitrogens with zero attached hydrogens (tertiary/aromatic N) is 2. The Morgan fingerprint density at radius 1 is 1.30 bits per heavy atom. The minimum atomic E-state index is -1.08. The number of esters is 1. The Kier molecular flexibility index (Phi) is 6.54. The van der Waals surface area contributed by atoms with Gasteiger partial charge < -0.3 is 19.5 Å². The number of aryl methyl sites for hydroxylation is 1. The van der Waals surface area contributed by atoms with Gasteiger partial charge in [0.05, 0.1) is 12.5 Å². The quantitative estimate of drug-likeness (QED) is 0.698. The van der Waals surface area contributed by atoms with Crippen molar-refractivity contribution in [1.82, 2.24) is 15.4 Å². The molecule has 3 rings (SSSR count). The maximum atomic E-state index is 13.4. The summed E-state index contributed by atoms with van der Waals surface area (Å²) in [5.41, 5.74) is 1.41. The molecule has 1 aromatic carbocycles. The fourth-order valence-corrected chi connectivity index (χ4v) is 3.86. The fraction of sp³-hybridized carbons (Fsp3) is 0.455. The van der Waals surface area contributed by atoms with Crippen LogP contribution in [-0.4, -0.2) is 46.5 Å². The van der Waals surface area contributed by atoms with E-state index in [0.717, 1.165) is 5.56 Å². The van der Waals surface area contributed by atoms with Crippen LogP contribution < -0.4 is 5.32 Å². The lowest BCUT2D eigenvalue weighted by Gasteiger charge is -2.26. The lowest BCUT2D eigenvalue weighted by atomic mass is 9.84. The summed E-state index contributed by atoms with van der Waals surface area (Å²) in [5.74, 6) is -1.60. The zero-order valence-corrected chi connectivity index (χ0v) is 17.6. The van der Waals surface area contributed by atoms with Crippen molar-refractivity contribution >= 4 is 17.8 Å². The standard InChI is InChI=1S/C22H27N3O5/c1-13(2)23-21(27)20(29-15(4)26)18-12-25(11-17-10-14(3)30-24-17)22(28)19(18)16-8-6-5-7-9-16/h5-10,13,18-20H,11-12H2,1-4H3,(H,23,27)/t18-,19+,20+/m0/s1. The van der Waals surface area contributed by atoms with Crippen molar-refractivity contribution in [1.29, 1.82) is 0 Å². The van der Waals surface area contributed by atoms with E-state index >= 15 is 0 Å². The third-order valence-electron chi connectivity index (χ3n) is 5.00. The van der Waals surface area contributed by atoms with E-state index in [2.05, 4.69) is 10.5 Å². The average molecular weight is 413 g/mol. The molecule has 1 fully saturated rings. The van der Waals surface area contributed by atoms with Crippen molar-refractivity contribution in [2.75, 3.05) is 6.54 Å². The van der Waals surface area contributed by atoms with Gasteiger partial charge in [0, 0.05) is 31.5 Å².